The average molecular weight is 225 g/mol. The first-order valence-electron chi connectivity index (χ1n) is 6.64. The molecule has 3 fully saturated rings. The molecule has 3 atom stereocenters. The van der Waals surface area contributed by atoms with E-state index >= 15 is 0 Å². The summed E-state index contributed by atoms with van der Waals surface area (Å²) < 4.78 is 5.05. The molecular weight excluding hydrogens is 202 g/mol. The number of ether oxygens (including phenoxy) is 1. The van der Waals surface area contributed by atoms with E-state index in [1.54, 1.807) is 0 Å². The Hall–Kier alpha value is -0.570. The number of nitrogens with zero attached hydrogens (tertiary/aromatic N) is 1. The third kappa shape index (κ3) is 2.40. The van der Waals surface area contributed by atoms with Crippen LogP contribution in [0.4, 0.5) is 0 Å². The van der Waals surface area contributed by atoms with Gasteiger partial charge in [-0.05, 0) is 44.6 Å². The average Bonchev–Trinajstić information content (AvgIpc) is 2.30. The molecule has 3 rings (SSSR count). The van der Waals surface area contributed by atoms with Gasteiger partial charge < -0.3 is 9.64 Å². The molecule has 0 radical (unpaired) electrons. The molecule has 0 N–H and O–H groups in total. The van der Waals surface area contributed by atoms with Gasteiger partial charge in [0.2, 0.25) is 0 Å². The number of hydrogen-bond acceptors (Lipinski definition) is 3. The summed E-state index contributed by atoms with van der Waals surface area (Å²) in [7, 11) is 0. The third-order valence-electron chi connectivity index (χ3n) is 4.24. The molecule has 3 unspecified atom stereocenters. The van der Waals surface area contributed by atoms with E-state index in [1.165, 1.54) is 25.8 Å². The van der Waals surface area contributed by atoms with Crippen LogP contribution in [0, 0.1) is 11.8 Å². The highest BCUT2D eigenvalue weighted by atomic mass is 16.5. The van der Waals surface area contributed by atoms with Crippen LogP contribution in [-0.2, 0) is 9.53 Å². The Morgan fingerprint density at radius 2 is 2.19 bits per heavy atom. The van der Waals surface area contributed by atoms with Crippen LogP contribution >= 0.6 is 0 Å². The van der Waals surface area contributed by atoms with E-state index < -0.39 is 0 Å². The van der Waals surface area contributed by atoms with E-state index in [2.05, 4.69) is 11.8 Å². The van der Waals surface area contributed by atoms with Crippen LogP contribution in [0.2, 0.25) is 0 Å². The van der Waals surface area contributed by atoms with Gasteiger partial charge in [0.1, 0.15) is 0 Å². The van der Waals surface area contributed by atoms with Crippen molar-refractivity contribution in [1.82, 2.24) is 4.90 Å². The normalized spacial score (nSPS) is 34.0. The predicted molar refractivity (Wildman–Crippen MR) is 63.1 cm³/mol. The summed E-state index contributed by atoms with van der Waals surface area (Å²) in [6.45, 7) is 6.99. The topological polar surface area (TPSA) is 29.5 Å². The number of rotatable bonds is 4. The zero-order valence-corrected chi connectivity index (χ0v) is 10.4. The van der Waals surface area contributed by atoms with Gasteiger partial charge in [0.15, 0.2) is 0 Å². The Balaban J connectivity index is 1.88. The molecule has 2 aliphatic heterocycles. The number of hydrogen-bond donors (Lipinski definition) is 0. The Morgan fingerprint density at radius 3 is 2.75 bits per heavy atom. The maximum absolute atomic E-state index is 11.5. The molecule has 0 aromatic carbocycles. The SMILES string of the molecule is CCOC(=O)CC1CC2CCC1CN2CC. The fourth-order valence-electron chi connectivity index (χ4n) is 3.40. The van der Waals surface area contributed by atoms with Crippen LogP contribution in [0.5, 0.6) is 0 Å². The van der Waals surface area contributed by atoms with Crippen molar-refractivity contribution in [3.8, 4) is 0 Å². The van der Waals surface area contributed by atoms with Gasteiger partial charge in [-0.1, -0.05) is 6.92 Å². The predicted octanol–water partition coefficient (Wildman–Crippen LogP) is 2.06. The first-order valence-corrected chi connectivity index (χ1v) is 6.64. The van der Waals surface area contributed by atoms with E-state index in [0.717, 1.165) is 18.5 Å². The molecule has 3 heteroatoms. The van der Waals surface area contributed by atoms with Gasteiger partial charge in [0.05, 0.1) is 6.61 Å². The van der Waals surface area contributed by atoms with Gasteiger partial charge in [-0.15, -0.1) is 0 Å². The molecule has 0 aromatic rings. The number of fused-ring (bicyclic) bond motifs is 3. The molecule has 2 heterocycles. The van der Waals surface area contributed by atoms with Crippen LogP contribution in [0.3, 0.4) is 0 Å². The Labute approximate surface area is 98.1 Å². The van der Waals surface area contributed by atoms with Gasteiger partial charge in [0.25, 0.3) is 0 Å². The Kier molecular flexibility index (Phi) is 3.85. The van der Waals surface area contributed by atoms with E-state index in [4.69, 9.17) is 4.74 Å². The molecule has 92 valence electrons. The summed E-state index contributed by atoms with van der Waals surface area (Å²) in [4.78, 5) is 14.1. The molecule has 1 aliphatic carbocycles. The minimum Gasteiger partial charge on any atom is -0.466 e. The first kappa shape index (κ1) is 11.9. The molecular formula is C13H23NO2. The van der Waals surface area contributed by atoms with Gasteiger partial charge in [0, 0.05) is 19.0 Å². The van der Waals surface area contributed by atoms with Crippen molar-refractivity contribution in [2.75, 3.05) is 19.7 Å². The minimum absolute atomic E-state index is 0.00287. The van der Waals surface area contributed by atoms with Gasteiger partial charge in [-0.2, -0.15) is 0 Å². The molecule has 3 nitrogen and oxygen atoms in total. The summed E-state index contributed by atoms with van der Waals surface area (Å²) in [5.41, 5.74) is 0. The highest BCUT2D eigenvalue weighted by molar-refractivity contribution is 5.69. The maximum Gasteiger partial charge on any atom is 0.306 e. The third-order valence-corrected chi connectivity index (χ3v) is 4.24. The van der Waals surface area contributed by atoms with Gasteiger partial charge in [-0.3, -0.25) is 4.79 Å². The van der Waals surface area contributed by atoms with Crippen LogP contribution < -0.4 is 0 Å². The van der Waals surface area contributed by atoms with E-state index in [-0.39, 0.29) is 5.97 Å². The number of esters is 1. The second kappa shape index (κ2) is 5.17. The standard InChI is InChI=1S/C13H23NO2/c1-3-14-9-10-5-6-12(14)7-11(10)8-13(15)16-4-2/h10-12H,3-9H2,1-2H3. The minimum atomic E-state index is 0.00287. The van der Waals surface area contributed by atoms with Crippen molar-refractivity contribution >= 4 is 5.97 Å². The summed E-state index contributed by atoms with van der Waals surface area (Å²) >= 11 is 0. The highest BCUT2D eigenvalue weighted by Gasteiger charge is 2.40. The van der Waals surface area contributed by atoms with Crippen LogP contribution in [0.15, 0.2) is 0 Å². The highest BCUT2D eigenvalue weighted by Crippen LogP contribution is 2.40. The van der Waals surface area contributed by atoms with Crippen LogP contribution in [0.25, 0.3) is 0 Å². The van der Waals surface area contributed by atoms with E-state index in [9.17, 15) is 4.79 Å². The molecule has 2 bridgehead atoms. The smallest absolute Gasteiger partial charge is 0.306 e. The molecule has 1 saturated carbocycles. The molecule has 0 amide bonds. The second-order valence-corrected chi connectivity index (χ2v) is 5.08. The van der Waals surface area contributed by atoms with Crippen molar-refractivity contribution in [3.63, 3.8) is 0 Å². The number of carbonyl (C=O) groups is 1. The van der Waals surface area contributed by atoms with Crippen molar-refractivity contribution in [1.29, 1.82) is 0 Å². The lowest BCUT2D eigenvalue weighted by Crippen LogP contribution is -2.52. The van der Waals surface area contributed by atoms with E-state index in [0.29, 0.717) is 18.9 Å². The molecule has 0 aromatic heterocycles. The van der Waals surface area contributed by atoms with Crippen LogP contribution in [0.1, 0.15) is 39.5 Å². The van der Waals surface area contributed by atoms with E-state index in [1.807, 2.05) is 6.92 Å². The summed E-state index contributed by atoms with van der Waals surface area (Å²) in [5, 5.41) is 0. The summed E-state index contributed by atoms with van der Waals surface area (Å²) in [6, 6.07) is 0.731. The molecule has 3 aliphatic rings. The zero-order valence-electron chi connectivity index (χ0n) is 10.4. The quantitative estimate of drug-likeness (QED) is 0.686. The maximum atomic E-state index is 11.5. The lowest BCUT2D eigenvalue weighted by molar-refractivity contribution is -0.146. The lowest BCUT2D eigenvalue weighted by Gasteiger charge is -2.49. The lowest BCUT2D eigenvalue weighted by atomic mass is 9.71. The number of piperidine rings is 2. The monoisotopic (exact) mass is 225 g/mol. The van der Waals surface area contributed by atoms with Gasteiger partial charge >= 0.3 is 5.97 Å². The zero-order chi connectivity index (χ0) is 11.5. The Morgan fingerprint density at radius 1 is 1.38 bits per heavy atom. The second-order valence-electron chi connectivity index (χ2n) is 5.08. The Bertz CT molecular complexity index is 254. The van der Waals surface area contributed by atoms with Crippen molar-refractivity contribution < 1.29 is 9.53 Å². The van der Waals surface area contributed by atoms with Gasteiger partial charge in [-0.25, -0.2) is 0 Å². The largest absolute Gasteiger partial charge is 0.466 e. The summed E-state index contributed by atoms with van der Waals surface area (Å²) in [6.07, 6.45) is 4.49. The summed E-state index contributed by atoms with van der Waals surface area (Å²) in [5.74, 6) is 1.32. The fraction of sp³-hybridized carbons (Fsp3) is 0.923. The first-order chi connectivity index (χ1) is 7.74. The van der Waals surface area contributed by atoms with Crippen molar-refractivity contribution in [2.24, 2.45) is 11.8 Å². The molecule has 2 saturated heterocycles. The van der Waals surface area contributed by atoms with Crippen molar-refractivity contribution in [2.45, 2.75) is 45.6 Å². The fourth-order valence-corrected chi connectivity index (χ4v) is 3.40. The molecule has 0 spiro atoms. The van der Waals surface area contributed by atoms with Crippen LogP contribution in [-0.4, -0.2) is 36.6 Å². The number of carbonyl (C=O) groups excluding carboxylic acids is 1. The van der Waals surface area contributed by atoms with Crippen molar-refractivity contribution in [3.05, 3.63) is 0 Å². The molecule has 16 heavy (non-hydrogen) atoms.